The van der Waals surface area contributed by atoms with Gasteiger partial charge in [-0.15, -0.1) is 0 Å². The van der Waals surface area contributed by atoms with Gasteiger partial charge in [-0.2, -0.15) is 0 Å². The van der Waals surface area contributed by atoms with Gasteiger partial charge in [0.2, 0.25) is 5.91 Å². The molecule has 3 atom stereocenters. The molecular weight excluding hydrogens is 444 g/mol. The molecule has 2 amide bonds. The van der Waals surface area contributed by atoms with Gasteiger partial charge in [0, 0.05) is 17.7 Å². The molecule has 1 aliphatic heterocycles. The van der Waals surface area contributed by atoms with E-state index in [0.717, 1.165) is 0 Å². The van der Waals surface area contributed by atoms with Gasteiger partial charge in [0.15, 0.2) is 0 Å². The fourth-order valence-corrected chi connectivity index (χ4v) is 3.54. The van der Waals surface area contributed by atoms with E-state index in [0.29, 0.717) is 18.1 Å². The van der Waals surface area contributed by atoms with E-state index in [1.807, 2.05) is 20.8 Å². The predicted molar refractivity (Wildman–Crippen MR) is 120 cm³/mol. The maximum atomic E-state index is 12.5. The zero-order valence-electron chi connectivity index (χ0n) is 18.0. The maximum absolute atomic E-state index is 12.5. The summed E-state index contributed by atoms with van der Waals surface area (Å²) in [5, 5.41) is 9.00. The van der Waals surface area contributed by atoms with Crippen molar-refractivity contribution >= 4 is 48.1 Å². The summed E-state index contributed by atoms with van der Waals surface area (Å²) in [5.41, 5.74) is 0.174. The van der Waals surface area contributed by atoms with Crippen LogP contribution in [-0.2, 0) is 18.9 Å². The zero-order chi connectivity index (χ0) is 23.1. The van der Waals surface area contributed by atoms with Gasteiger partial charge in [-0.1, -0.05) is 37.0 Å². The first kappa shape index (κ1) is 25.5. The molecule has 170 valence electrons. The number of carbonyl (C=O) groups excluding carboxylic acids is 3. The topological polar surface area (TPSA) is 106 Å². The zero-order valence-corrected chi connectivity index (χ0v) is 19.5. The Morgan fingerprint density at radius 3 is 2.68 bits per heavy atom. The largest absolute Gasteiger partial charge is 0.551 e. The molecule has 0 bridgehead atoms. The molecule has 1 aromatic carbocycles. The minimum atomic E-state index is -0.927. The van der Waals surface area contributed by atoms with E-state index in [2.05, 4.69) is 16.0 Å². The first-order chi connectivity index (χ1) is 14.6. The third kappa shape index (κ3) is 7.99. The number of halogens is 2. The Morgan fingerprint density at radius 1 is 1.29 bits per heavy atom. The lowest BCUT2D eigenvalue weighted by Gasteiger charge is -2.30. The van der Waals surface area contributed by atoms with Crippen LogP contribution in [0.4, 0.5) is 0 Å². The molecule has 11 heteroatoms. The molecule has 1 aliphatic rings. The fraction of sp³-hybridized carbons (Fsp3) is 0.550. The number of benzene rings is 1. The molecule has 0 spiro atoms. The van der Waals surface area contributed by atoms with Crippen LogP contribution in [0.1, 0.15) is 44.5 Å². The van der Waals surface area contributed by atoms with Crippen molar-refractivity contribution in [3.05, 3.63) is 33.8 Å². The average molecular weight is 472 g/mol. The Balaban J connectivity index is 2.02. The summed E-state index contributed by atoms with van der Waals surface area (Å²) in [4.78, 5) is 37.2. The lowest BCUT2D eigenvalue weighted by atomic mass is 9.73. The molecule has 0 unspecified atom stereocenters. The van der Waals surface area contributed by atoms with Crippen LogP contribution in [0, 0.1) is 5.92 Å². The van der Waals surface area contributed by atoms with Crippen molar-refractivity contribution in [3.8, 4) is 0 Å². The van der Waals surface area contributed by atoms with E-state index < -0.39 is 36.9 Å². The van der Waals surface area contributed by atoms with Gasteiger partial charge in [-0.25, -0.2) is 0 Å². The van der Waals surface area contributed by atoms with Crippen LogP contribution < -0.4 is 16.0 Å². The molecule has 0 radical (unpaired) electrons. The van der Waals surface area contributed by atoms with Crippen molar-refractivity contribution < 1.29 is 23.7 Å². The fourth-order valence-electron chi connectivity index (χ4n) is 3.16. The van der Waals surface area contributed by atoms with Crippen LogP contribution in [0.5, 0.6) is 0 Å². The first-order valence-corrected chi connectivity index (χ1v) is 10.9. The maximum Gasteiger partial charge on any atom is 0.551 e. The van der Waals surface area contributed by atoms with Crippen LogP contribution in [0.25, 0.3) is 0 Å². The second kappa shape index (κ2) is 11.7. The van der Waals surface area contributed by atoms with Crippen molar-refractivity contribution in [3.63, 3.8) is 0 Å². The standard InChI is InChI=1S/C20H28BCl2N3O5/c1-11(2)7-17(21-30-10-12(3)25-13(4)20(29)31-21)26-18(27)9-24-19(28)15-8-14(22)5-6-16(15)23/h5-6,8,11-13,17,25H,7,9-10H2,1-4H3,(H,24,28)(H,26,27)/t12-,13+,17+/m1/s1. The van der Waals surface area contributed by atoms with E-state index in [4.69, 9.17) is 32.5 Å². The molecule has 3 N–H and O–H groups in total. The summed E-state index contributed by atoms with van der Waals surface area (Å²) in [6.07, 6.45) is 0.522. The summed E-state index contributed by atoms with van der Waals surface area (Å²) in [6.45, 7) is 7.62. The van der Waals surface area contributed by atoms with Crippen LogP contribution in [-0.4, -0.2) is 56.1 Å². The summed E-state index contributed by atoms with van der Waals surface area (Å²) >= 11 is 11.9. The molecule has 0 aliphatic carbocycles. The van der Waals surface area contributed by atoms with Crippen LogP contribution in [0.2, 0.25) is 10.0 Å². The SMILES string of the molecule is CC(C)C[C@H](NC(=O)CNC(=O)c1cc(Cl)ccc1Cl)B1OC[C@@H](C)N[C@@H](C)C(=O)O1. The Labute approximate surface area is 192 Å². The van der Waals surface area contributed by atoms with Gasteiger partial charge < -0.3 is 19.9 Å². The van der Waals surface area contributed by atoms with E-state index in [-0.39, 0.29) is 29.1 Å². The highest BCUT2D eigenvalue weighted by atomic mass is 35.5. The van der Waals surface area contributed by atoms with Crippen molar-refractivity contribution in [2.75, 3.05) is 13.2 Å². The smallest absolute Gasteiger partial charge is 0.507 e. The molecule has 0 saturated carbocycles. The van der Waals surface area contributed by atoms with Crippen molar-refractivity contribution in [1.29, 1.82) is 0 Å². The highest BCUT2D eigenvalue weighted by molar-refractivity contribution is 6.49. The molecule has 1 fully saturated rings. The summed E-state index contributed by atoms with van der Waals surface area (Å²) < 4.78 is 11.2. The normalized spacial score (nSPS) is 20.5. The van der Waals surface area contributed by atoms with Gasteiger partial charge >= 0.3 is 13.1 Å². The van der Waals surface area contributed by atoms with Gasteiger partial charge in [0.1, 0.15) is 6.04 Å². The summed E-state index contributed by atoms with van der Waals surface area (Å²) in [6, 6.07) is 3.96. The number of nitrogens with one attached hydrogen (secondary N) is 3. The molecular formula is C20H28BCl2N3O5. The summed E-state index contributed by atoms with van der Waals surface area (Å²) in [5.74, 6) is -1.79. The molecule has 8 nitrogen and oxygen atoms in total. The van der Waals surface area contributed by atoms with Gasteiger partial charge in [0.25, 0.3) is 5.91 Å². The van der Waals surface area contributed by atoms with E-state index in [1.54, 1.807) is 13.0 Å². The molecule has 1 heterocycles. The number of hydrogen-bond donors (Lipinski definition) is 3. The minimum Gasteiger partial charge on any atom is -0.507 e. The molecule has 1 saturated heterocycles. The second-order valence-corrected chi connectivity index (χ2v) is 8.88. The third-order valence-corrected chi connectivity index (χ3v) is 5.18. The first-order valence-electron chi connectivity index (χ1n) is 10.2. The lowest BCUT2D eigenvalue weighted by Crippen LogP contribution is -2.57. The van der Waals surface area contributed by atoms with Crippen LogP contribution in [0.15, 0.2) is 18.2 Å². The quantitative estimate of drug-likeness (QED) is 0.526. The van der Waals surface area contributed by atoms with E-state index in [9.17, 15) is 14.4 Å². The van der Waals surface area contributed by atoms with Crippen LogP contribution >= 0.6 is 23.2 Å². The highest BCUT2D eigenvalue weighted by Crippen LogP contribution is 2.20. The lowest BCUT2D eigenvalue weighted by molar-refractivity contribution is -0.139. The Hall–Kier alpha value is -1.81. The number of amides is 2. The van der Waals surface area contributed by atoms with Gasteiger partial charge in [0.05, 0.1) is 23.1 Å². The molecule has 1 aromatic rings. The Bertz CT molecular complexity index is 811. The number of rotatable bonds is 7. The van der Waals surface area contributed by atoms with Crippen molar-refractivity contribution in [2.45, 2.75) is 52.1 Å². The molecule has 31 heavy (non-hydrogen) atoms. The average Bonchev–Trinajstić information content (AvgIpc) is 2.69. The summed E-state index contributed by atoms with van der Waals surface area (Å²) in [7, 11) is -0.927. The Morgan fingerprint density at radius 2 is 2.00 bits per heavy atom. The number of hydrogen-bond acceptors (Lipinski definition) is 6. The molecule has 0 aromatic heterocycles. The monoisotopic (exact) mass is 471 g/mol. The van der Waals surface area contributed by atoms with Gasteiger partial charge in [-0.05, 0) is 44.4 Å². The second-order valence-electron chi connectivity index (χ2n) is 8.04. The predicted octanol–water partition coefficient (Wildman–Crippen LogP) is 2.22. The van der Waals surface area contributed by atoms with E-state index >= 15 is 0 Å². The van der Waals surface area contributed by atoms with E-state index in [1.165, 1.54) is 12.1 Å². The highest BCUT2D eigenvalue weighted by Gasteiger charge is 2.38. The number of carbonyl (C=O) groups is 3. The van der Waals surface area contributed by atoms with Crippen LogP contribution in [0.3, 0.4) is 0 Å². The van der Waals surface area contributed by atoms with Crippen molar-refractivity contribution in [2.24, 2.45) is 5.92 Å². The van der Waals surface area contributed by atoms with Gasteiger partial charge in [-0.3, -0.25) is 19.7 Å². The minimum absolute atomic E-state index is 0.0533. The Kier molecular flexibility index (Phi) is 9.62. The van der Waals surface area contributed by atoms with Crippen molar-refractivity contribution in [1.82, 2.24) is 16.0 Å². The molecule has 2 rings (SSSR count). The third-order valence-electron chi connectivity index (χ3n) is 4.61.